The summed E-state index contributed by atoms with van der Waals surface area (Å²) in [7, 11) is 0. The van der Waals surface area contributed by atoms with Gasteiger partial charge in [-0.3, -0.25) is 0 Å². The van der Waals surface area contributed by atoms with E-state index in [4.69, 9.17) is 19.9 Å². The van der Waals surface area contributed by atoms with Crippen molar-refractivity contribution in [2.45, 2.75) is 6.42 Å². The maximum atomic E-state index is 9.90. The van der Waals surface area contributed by atoms with Crippen LogP contribution in [0.15, 0.2) is 146 Å². The summed E-state index contributed by atoms with van der Waals surface area (Å²) in [6, 6.07) is 46.7. The number of aromatic hydroxyl groups is 2. The number of hydrogen-bond acceptors (Lipinski definition) is 6. The van der Waals surface area contributed by atoms with E-state index in [1.54, 1.807) is 24.3 Å². The summed E-state index contributed by atoms with van der Waals surface area (Å²) in [4.78, 5) is 20.3. The second-order valence-electron chi connectivity index (χ2n) is 11.5. The molecule has 0 radical (unpaired) electrons. The quantitative estimate of drug-likeness (QED) is 0.196. The van der Waals surface area contributed by atoms with Crippen molar-refractivity contribution in [2.24, 2.45) is 0 Å². The first-order valence-electron chi connectivity index (χ1n) is 15.4. The van der Waals surface area contributed by atoms with E-state index in [0.29, 0.717) is 6.42 Å². The summed E-state index contributed by atoms with van der Waals surface area (Å²) in [6.45, 7) is 0. The highest BCUT2D eigenvalue weighted by atomic mass is 16.3. The first kappa shape index (κ1) is 28.1. The van der Waals surface area contributed by atoms with Crippen LogP contribution < -0.4 is 0 Å². The van der Waals surface area contributed by atoms with E-state index >= 15 is 0 Å². The van der Waals surface area contributed by atoms with Crippen LogP contribution in [-0.2, 0) is 6.42 Å². The van der Waals surface area contributed by atoms with Crippen molar-refractivity contribution in [3.05, 3.63) is 157 Å². The molecule has 0 saturated heterocycles. The van der Waals surface area contributed by atoms with Gasteiger partial charge in [0.1, 0.15) is 11.5 Å². The van der Waals surface area contributed by atoms with E-state index in [0.717, 1.165) is 78.2 Å². The van der Waals surface area contributed by atoms with Crippen LogP contribution in [-0.4, -0.2) is 30.1 Å². The van der Waals surface area contributed by atoms with E-state index in [9.17, 15) is 10.2 Å². The van der Waals surface area contributed by atoms with Gasteiger partial charge in [0.2, 0.25) is 0 Å². The van der Waals surface area contributed by atoms with Crippen LogP contribution in [0.1, 0.15) is 11.1 Å². The number of nitrogens with zero attached hydrogens (tertiary/aromatic N) is 4. The molecule has 8 rings (SSSR count). The third kappa shape index (κ3) is 5.64. The van der Waals surface area contributed by atoms with Crippen LogP contribution in [0.3, 0.4) is 0 Å². The molecule has 2 aromatic heterocycles. The predicted octanol–water partition coefficient (Wildman–Crippen LogP) is 9.24. The summed E-state index contributed by atoms with van der Waals surface area (Å²) >= 11 is 0. The van der Waals surface area contributed by atoms with E-state index in [2.05, 4.69) is 24.3 Å². The van der Waals surface area contributed by atoms with Crippen molar-refractivity contribution in [2.75, 3.05) is 0 Å². The van der Waals surface area contributed by atoms with Gasteiger partial charge in [-0.1, -0.05) is 72.8 Å². The van der Waals surface area contributed by atoms with Crippen molar-refractivity contribution < 1.29 is 10.2 Å². The molecule has 2 heterocycles. The standard InChI is InChI=1S/C41H28N4O2/c46-32-17-13-30(14-18-32)40-38(28-7-3-1-4-8-28)42-34-21-11-26(24-36(34)44-40)23-27-12-22-35-37(25-27)45-41(31-15-19-33(47)20-16-31)39(43-35)29-9-5-2-6-10-29/h1-22,24-25,46-47H,23H2. The van der Waals surface area contributed by atoms with Gasteiger partial charge in [-0.05, 0) is 90.3 Å². The zero-order valence-electron chi connectivity index (χ0n) is 25.2. The number of aromatic nitrogens is 4. The zero-order valence-corrected chi connectivity index (χ0v) is 25.2. The minimum Gasteiger partial charge on any atom is -0.508 e. The van der Waals surface area contributed by atoms with Crippen LogP contribution >= 0.6 is 0 Å². The molecular weight excluding hydrogens is 580 g/mol. The Bertz CT molecular complexity index is 2210. The largest absolute Gasteiger partial charge is 0.508 e. The third-order valence-corrected chi connectivity index (χ3v) is 8.24. The summed E-state index contributed by atoms with van der Waals surface area (Å²) in [6.07, 6.45) is 0.680. The normalized spacial score (nSPS) is 11.2. The lowest BCUT2D eigenvalue weighted by atomic mass is 10.0. The molecule has 6 heteroatoms. The van der Waals surface area contributed by atoms with Crippen LogP contribution in [0.4, 0.5) is 0 Å². The molecule has 6 aromatic carbocycles. The maximum absolute atomic E-state index is 9.90. The number of hydrogen-bond donors (Lipinski definition) is 2. The van der Waals surface area contributed by atoms with Crippen LogP contribution in [0.25, 0.3) is 67.1 Å². The molecule has 2 N–H and O–H groups in total. The molecule has 0 aliphatic carbocycles. The Morgan fingerprint density at radius 2 is 0.681 bits per heavy atom. The Labute approximate surface area is 271 Å². The Kier molecular flexibility index (Phi) is 7.08. The lowest BCUT2D eigenvalue weighted by Gasteiger charge is -2.13. The molecule has 6 nitrogen and oxygen atoms in total. The molecule has 0 saturated carbocycles. The Hall–Kier alpha value is -6.40. The zero-order chi connectivity index (χ0) is 31.7. The molecule has 47 heavy (non-hydrogen) atoms. The van der Waals surface area contributed by atoms with Gasteiger partial charge in [-0.25, -0.2) is 19.9 Å². The van der Waals surface area contributed by atoms with Crippen LogP contribution in [0.2, 0.25) is 0 Å². The van der Waals surface area contributed by atoms with Gasteiger partial charge in [-0.15, -0.1) is 0 Å². The first-order valence-corrected chi connectivity index (χ1v) is 15.4. The molecule has 0 bridgehead atoms. The molecule has 0 spiro atoms. The average Bonchev–Trinajstić information content (AvgIpc) is 3.12. The Balaban J connectivity index is 1.19. The number of phenolic OH excluding ortho intramolecular Hbond substituents is 2. The van der Waals surface area contributed by atoms with Crippen LogP contribution in [0.5, 0.6) is 11.5 Å². The number of fused-ring (bicyclic) bond motifs is 2. The highest BCUT2D eigenvalue weighted by Gasteiger charge is 2.16. The van der Waals surface area contributed by atoms with E-state index in [1.165, 1.54) is 0 Å². The van der Waals surface area contributed by atoms with Crippen molar-refractivity contribution in [1.82, 2.24) is 19.9 Å². The van der Waals surface area contributed by atoms with Crippen molar-refractivity contribution in [3.63, 3.8) is 0 Å². The van der Waals surface area contributed by atoms with Crippen molar-refractivity contribution in [3.8, 4) is 56.5 Å². The third-order valence-electron chi connectivity index (χ3n) is 8.24. The number of phenols is 2. The predicted molar refractivity (Wildman–Crippen MR) is 187 cm³/mol. The summed E-state index contributed by atoms with van der Waals surface area (Å²) in [5.74, 6) is 0.412. The highest BCUT2D eigenvalue weighted by molar-refractivity contribution is 5.88. The molecule has 0 amide bonds. The average molecular weight is 609 g/mol. The van der Waals surface area contributed by atoms with E-state index in [1.807, 2.05) is 97.1 Å². The van der Waals surface area contributed by atoms with Crippen molar-refractivity contribution >= 4 is 22.1 Å². The minimum absolute atomic E-state index is 0.206. The van der Waals surface area contributed by atoms with Gasteiger partial charge in [0.15, 0.2) is 0 Å². The fourth-order valence-electron chi connectivity index (χ4n) is 5.89. The Morgan fingerprint density at radius 3 is 1.06 bits per heavy atom. The highest BCUT2D eigenvalue weighted by Crippen LogP contribution is 2.34. The van der Waals surface area contributed by atoms with Gasteiger partial charge in [0.25, 0.3) is 0 Å². The van der Waals surface area contributed by atoms with Gasteiger partial charge < -0.3 is 10.2 Å². The lowest BCUT2D eigenvalue weighted by molar-refractivity contribution is 0.475. The van der Waals surface area contributed by atoms with Gasteiger partial charge >= 0.3 is 0 Å². The van der Waals surface area contributed by atoms with E-state index in [-0.39, 0.29) is 11.5 Å². The minimum atomic E-state index is 0.206. The molecule has 0 atom stereocenters. The fourth-order valence-corrected chi connectivity index (χ4v) is 5.89. The second-order valence-corrected chi connectivity index (χ2v) is 11.5. The lowest BCUT2D eigenvalue weighted by Crippen LogP contribution is -1.98. The monoisotopic (exact) mass is 608 g/mol. The summed E-state index contributed by atoms with van der Waals surface area (Å²) in [5, 5.41) is 19.8. The Morgan fingerprint density at radius 1 is 0.340 bits per heavy atom. The second kappa shape index (κ2) is 11.8. The SMILES string of the molecule is Oc1ccc(-c2nc3cc(Cc4ccc5nc(-c6ccccc6)c(-c6ccc(O)cc6)nc5c4)ccc3nc2-c2ccccc2)cc1. The number of benzene rings is 6. The topological polar surface area (TPSA) is 92.0 Å². The molecule has 0 aliphatic heterocycles. The fraction of sp³-hybridized carbons (Fsp3) is 0.0244. The summed E-state index contributed by atoms with van der Waals surface area (Å²) < 4.78 is 0. The molecule has 8 aromatic rings. The van der Waals surface area contributed by atoms with Gasteiger partial charge in [-0.2, -0.15) is 0 Å². The van der Waals surface area contributed by atoms with Gasteiger partial charge in [0, 0.05) is 22.3 Å². The summed E-state index contributed by atoms with van der Waals surface area (Å²) in [5.41, 5.74) is 12.3. The first-order chi connectivity index (χ1) is 23.1. The maximum Gasteiger partial charge on any atom is 0.115 e. The van der Waals surface area contributed by atoms with Crippen LogP contribution in [0, 0.1) is 0 Å². The number of rotatable bonds is 6. The molecule has 224 valence electrons. The smallest absolute Gasteiger partial charge is 0.115 e. The van der Waals surface area contributed by atoms with E-state index < -0.39 is 0 Å². The van der Waals surface area contributed by atoms with Gasteiger partial charge in [0.05, 0.1) is 44.8 Å². The molecule has 0 unspecified atom stereocenters. The van der Waals surface area contributed by atoms with Crippen molar-refractivity contribution in [1.29, 1.82) is 0 Å². The molecule has 0 aliphatic rings. The molecule has 0 fully saturated rings. The molecular formula is C41H28N4O2.